The highest BCUT2D eigenvalue weighted by molar-refractivity contribution is 7.07. The minimum Gasteiger partial charge on any atom is -0.497 e. The Balaban J connectivity index is 1.61. The van der Waals surface area contributed by atoms with Crippen LogP contribution < -0.4 is 24.4 Å². The van der Waals surface area contributed by atoms with Crippen molar-refractivity contribution in [2.45, 2.75) is 18.9 Å². The molecule has 0 saturated heterocycles. The van der Waals surface area contributed by atoms with E-state index in [1.165, 1.54) is 22.5 Å². The number of ether oxygens (including phenoxy) is 2. The minimum absolute atomic E-state index is 0.0326. The first kappa shape index (κ1) is 21.6. The van der Waals surface area contributed by atoms with Crippen LogP contribution in [-0.2, 0) is 6.42 Å². The number of thiazole rings is 1. The maximum atomic E-state index is 13.8. The van der Waals surface area contributed by atoms with Gasteiger partial charge in [0.25, 0.3) is 5.56 Å². The summed E-state index contributed by atoms with van der Waals surface area (Å²) in [6, 6.07) is 24.0. The summed E-state index contributed by atoms with van der Waals surface area (Å²) >= 11 is 1.43. The normalized spacial score (nSPS) is 16.7. The molecule has 2 aliphatic rings. The average Bonchev–Trinajstić information content (AvgIpc) is 3.21. The molecule has 0 spiro atoms. The predicted octanol–water partition coefficient (Wildman–Crippen LogP) is 4.34. The van der Waals surface area contributed by atoms with Crippen molar-refractivity contribution in [2.75, 3.05) is 14.2 Å². The molecule has 1 unspecified atom stereocenters. The van der Waals surface area contributed by atoms with Crippen molar-refractivity contribution in [2.24, 2.45) is 4.99 Å². The van der Waals surface area contributed by atoms with Gasteiger partial charge in [-0.3, -0.25) is 9.36 Å². The van der Waals surface area contributed by atoms with Crippen molar-refractivity contribution < 1.29 is 9.47 Å². The second-order valence-corrected chi connectivity index (χ2v) is 9.68. The van der Waals surface area contributed by atoms with Crippen LogP contribution in [-0.4, -0.2) is 18.8 Å². The molecule has 1 aromatic heterocycles. The van der Waals surface area contributed by atoms with Gasteiger partial charge >= 0.3 is 0 Å². The van der Waals surface area contributed by atoms with E-state index in [1.807, 2.05) is 53.1 Å². The van der Waals surface area contributed by atoms with Crippen molar-refractivity contribution >= 4 is 23.1 Å². The zero-order chi connectivity index (χ0) is 23.9. The number of nitrogens with zero attached hydrogens (tertiary/aromatic N) is 2. The average molecular weight is 481 g/mol. The van der Waals surface area contributed by atoms with E-state index in [9.17, 15) is 4.79 Å². The first-order valence-corrected chi connectivity index (χ1v) is 12.4. The van der Waals surface area contributed by atoms with Crippen LogP contribution in [0.5, 0.6) is 11.5 Å². The molecule has 4 aromatic rings. The summed E-state index contributed by atoms with van der Waals surface area (Å²) in [5, 5.41) is 0. The largest absolute Gasteiger partial charge is 0.497 e. The van der Waals surface area contributed by atoms with E-state index < -0.39 is 0 Å². The molecule has 6 rings (SSSR count). The Kier molecular flexibility index (Phi) is 5.38. The molecule has 0 amide bonds. The van der Waals surface area contributed by atoms with Crippen LogP contribution in [0, 0.1) is 0 Å². The summed E-state index contributed by atoms with van der Waals surface area (Å²) in [4.78, 5) is 19.6. The van der Waals surface area contributed by atoms with Crippen molar-refractivity contribution in [1.82, 2.24) is 4.57 Å². The van der Waals surface area contributed by atoms with E-state index in [0.717, 1.165) is 46.7 Å². The van der Waals surface area contributed by atoms with Gasteiger partial charge in [-0.15, -0.1) is 0 Å². The van der Waals surface area contributed by atoms with Crippen molar-refractivity contribution in [1.29, 1.82) is 0 Å². The van der Waals surface area contributed by atoms with Crippen LogP contribution in [0.4, 0.5) is 0 Å². The lowest BCUT2D eigenvalue weighted by molar-refractivity contribution is 0.413. The molecule has 0 bridgehead atoms. The number of aryl methyl sites for hydroxylation is 1. The third-order valence-corrected chi connectivity index (χ3v) is 7.66. The number of fused-ring (bicyclic) bond motifs is 3. The molecule has 6 heteroatoms. The van der Waals surface area contributed by atoms with E-state index >= 15 is 0 Å². The number of benzene rings is 3. The molecular weight excluding hydrogens is 456 g/mol. The van der Waals surface area contributed by atoms with Gasteiger partial charge in [0.2, 0.25) is 0 Å². The van der Waals surface area contributed by atoms with Crippen molar-refractivity contribution in [3.63, 3.8) is 0 Å². The molecule has 174 valence electrons. The summed E-state index contributed by atoms with van der Waals surface area (Å²) in [7, 11) is 3.31. The molecule has 1 atom stereocenters. The second-order valence-electron chi connectivity index (χ2n) is 8.67. The lowest BCUT2D eigenvalue weighted by Gasteiger charge is -2.31. The van der Waals surface area contributed by atoms with Crippen molar-refractivity contribution in [3.8, 4) is 11.5 Å². The number of rotatable bonds is 4. The second kappa shape index (κ2) is 8.71. The summed E-state index contributed by atoms with van der Waals surface area (Å²) in [6.45, 7) is 0. The molecule has 35 heavy (non-hydrogen) atoms. The number of aromatic nitrogens is 1. The molecule has 1 aliphatic heterocycles. The van der Waals surface area contributed by atoms with Crippen LogP contribution in [0.25, 0.3) is 11.8 Å². The van der Waals surface area contributed by atoms with Gasteiger partial charge in [0, 0.05) is 5.56 Å². The zero-order valence-electron chi connectivity index (χ0n) is 19.5. The molecule has 2 heterocycles. The SMILES string of the molecule is COc1cccc(C=c2sc3n(c2=O)C(c2cccc(OC)c2)C2=C(N=3)c3ccccc3CC2)c1. The van der Waals surface area contributed by atoms with Gasteiger partial charge in [0.15, 0.2) is 4.80 Å². The highest BCUT2D eigenvalue weighted by Gasteiger charge is 2.32. The standard InChI is InChI=1S/C29H24N2O3S/c1-33-21-10-5-7-18(15-21)16-25-28(32)31-27(20-9-6-11-22(17-20)34-2)24-14-13-19-8-3-4-12-23(19)26(24)30-29(31)35-25/h3-12,15-17,27H,13-14H2,1-2H3. The van der Waals surface area contributed by atoms with Gasteiger partial charge in [0.1, 0.15) is 11.5 Å². The molecular formula is C29H24N2O3S. The monoisotopic (exact) mass is 480 g/mol. The molecule has 0 radical (unpaired) electrons. The number of hydrogen-bond donors (Lipinski definition) is 0. The Morgan fingerprint density at radius 3 is 2.54 bits per heavy atom. The van der Waals surface area contributed by atoms with Gasteiger partial charge in [-0.25, -0.2) is 4.99 Å². The molecule has 5 nitrogen and oxygen atoms in total. The van der Waals surface area contributed by atoms with Crippen molar-refractivity contribution in [3.05, 3.63) is 120 Å². The molecule has 1 aliphatic carbocycles. The first-order chi connectivity index (χ1) is 17.2. The van der Waals surface area contributed by atoms with E-state index in [4.69, 9.17) is 14.5 Å². The predicted molar refractivity (Wildman–Crippen MR) is 139 cm³/mol. The van der Waals surface area contributed by atoms with Crippen LogP contribution in [0.15, 0.2) is 88.2 Å². The minimum atomic E-state index is -0.225. The Morgan fingerprint density at radius 1 is 0.943 bits per heavy atom. The lowest BCUT2D eigenvalue weighted by atomic mass is 9.83. The van der Waals surface area contributed by atoms with Gasteiger partial charge in [-0.05, 0) is 65.4 Å². The van der Waals surface area contributed by atoms with Gasteiger partial charge in [0.05, 0.1) is 30.5 Å². The number of allylic oxidation sites excluding steroid dienone is 1. The van der Waals surface area contributed by atoms with Crippen LogP contribution in [0.2, 0.25) is 0 Å². The highest BCUT2D eigenvalue weighted by atomic mass is 32.1. The summed E-state index contributed by atoms with van der Waals surface area (Å²) in [6.07, 6.45) is 3.71. The molecule has 3 aromatic carbocycles. The topological polar surface area (TPSA) is 52.8 Å². The third kappa shape index (κ3) is 3.70. The quantitative estimate of drug-likeness (QED) is 0.437. The van der Waals surface area contributed by atoms with E-state index in [1.54, 1.807) is 14.2 Å². The van der Waals surface area contributed by atoms with Gasteiger partial charge < -0.3 is 9.47 Å². The number of hydrogen-bond acceptors (Lipinski definition) is 5. The Hall–Kier alpha value is -3.90. The molecule has 0 fully saturated rings. The fraction of sp³-hybridized carbons (Fsp3) is 0.172. The third-order valence-electron chi connectivity index (χ3n) is 6.67. The van der Waals surface area contributed by atoms with Gasteiger partial charge in [-0.2, -0.15) is 0 Å². The fourth-order valence-electron chi connectivity index (χ4n) is 5.02. The number of methoxy groups -OCH3 is 2. The summed E-state index contributed by atoms with van der Waals surface area (Å²) < 4.78 is 13.4. The van der Waals surface area contributed by atoms with E-state index in [-0.39, 0.29) is 11.6 Å². The Bertz CT molecular complexity index is 1660. The fourth-order valence-corrected chi connectivity index (χ4v) is 6.02. The van der Waals surface area contributed by atoms with Crippen LogP contribution >= 0.6 is 11.3 Å². The maximum Gasteiger partial charge on any atom is 0.271 e. The summed E-state index contributed by atoms with van der Waals surface area (Å²) in [5.74, 6) is 1.53. The Labute approximate surface area is 206 Å². The van der Waals surface area contributed by atoms with Crippen LogP contribution in [0.3, 0.4) is 0 Å². The van der Waals surface area contributed by atoms with E-state index in [2.05, 4.69) is 30.3 Å². The smallest absolute Gasteiger partial charge is 0.271 e. The first-order valence-electron chi connectivity index (χ1n) is 11.6. The summed E-state index contributed by atoms with van der Waals surface area (Å²) in [5.41, 5.74) is 6.55. The highest BCUT2D eigenvalue weighted by Crippen LogP contribution is 2.41. The zero-order valence-corrected chi connectivity index (χ0v) is 20.3. The van der Waals surface area contributed by atoms with Gasteiger partial charge in [-0.1, -0.05) is 59.9 Å². The maximum absolute atomic E-state index is 13.8. The molecule has 0 N–H and O–H groups in total. The lowest BCUT2D eigenvalue weighted by Crippen LogP contribution is -2.38. The van der Waals surface area contributed by atoms with E-state index in [0.29, 0.717) is 9.33 Å². The molecule has 0 saturated carbocycles. The van der Waals surface area contributed by atoms with Crippen LogP contribution in [0.1, 0.15) is 34.7 Å². The Morgan fingerprint density at radius 2 is 1.71 bits per heavy atom.